The highest BCUT2D eigenvalue weighted by Gasteiger charge is 2.33. The first-order valence-electron chi connectivity index (χ1n) is 11.1. The number of anilines is 1. The summed E-state index contributed by atoms with van der Waals surface area (Å²) in [7, 11) is -4.00. The molecule has 4 rings (SSSR count). The topological polar surface area (TPSA) is 75.7 Å². The van der Waals surface area contributed by atoms with E-state index in [2.05, 4.69) is 4.72 Å². The van der Waals surface area contributed by atoms with Gasteiger partial charge in [0.15, 0.2) is 6.10 Å². The molecule has 1 amide bonds. The van der Waals surface area contributed by atoms with Crippen LogP contribution in [0, 0.1) is 12.7 Å². The molecule has 3 aromatic carbocycles. The number of hydrogen-bond acceptors (Lipinski definition) is 4. The summed E-state index contributed by atoms with van der Waals surface area (Å²) in [5.41, 5.74) is 2.37. The van der Waals surface area contributed by atoms with Crippen LogP contribution in [-0.4, -0.2) is 25.3 Å². The van der Waals surface area contributed by atoms with Crippen LogP contribution in [0.3, 0.4) is 0 Å². The second kappa shape index (κ2) is 9.46. The maximum Gasteiger partial charge on any atom is 0.264 e. The molecule has 0 saturated heterocycles. The Labute approximate surface area is 199 Å². The summed E-state index contributed by atoms with van der Waals surface area (Å²) in [4.78, 5) is 14.8. The third-order valence-corrected chi connectivity index (χ3v) is 7.37. The lowest BCUT2D eigenvalue weighted by molar-refractivity contribution is -0.140. The summed E-state index contributed by atoms with van der Waals surface area (Å²) in [6.07, 6.45) is 0.0282. The molecule has 34 heavy (non-hydrogen) atoms. The number of carbonyl (C=O) groups is 1. The fraction of sp³-hybridized carbons (Fsp3) is 0.269. The van der Waals surface area contributed by atoms with Crippen LogP contribution in [-0.2, 0) is 21.4 Å². The van der Waals surface area contributed by atoms with Crippen molar-refractivity contribution in [3.8, 4) is 5.75 Å². The van der Waals surface area contributed by atoms with E-state index in [1.165, 1.54) is 12.1 Å². The van der Waals surface area contributed by atoms with Crippen molar-refractivity contribution in [2.45, 2.75) is 50.8 Å². The number of nitrogens with zero attached hydrogens (tertiary/aromatic N) is 1. The first-order valence-corrected chi connectivity index (χ1v) is 12.6. The Morgan fingerprint density at radius 1 is 1.12 bits per heavy atom. The van der Waals surface area contributed by atoms with E-state index in [1.54, 1.807) is 36.9 Å². The predicted octanol–water partition coefficient (Wildman–Crippen LogP) is 5.20. The van der Waals surface area contributed by atoms with Crippen LogP contribution < -0.4 is 9.46 Å². The van der Waals surface area contributed by atoms with Gasteiger partial charge in [-0.15, -0.1) is 0 Å². The monoisotopic (exact) mass is 482 g/mol. The van der Waals surface area contributed by atoms with E-state index in [4.69, 9.17) is 4.74 Å². The van der Waals surface area contributed by atoms with Gasteiger partial charge < -0.3 is 9.64 Å². The van der Waals surface area contributed by atoms with Crippen LogP contribution in [0.15, 0.2) is 71.6 Å². The fourth-order valence-electron chi connectivity index (χ4n) is 4.15. The Kier molecular flexibility index (Phi) is 6.61. The number of fused-ring (bicyclic) bond motifs is 1. The third kappa shape index (κ3) is 4.77. The Bertz CT molecular complexity index is 1310. The van der Waals surface area contributed by atoms with E-state index in [9.17, 15) is 17.6 Å². The Morgan fingerprint density at radius 2 is 1.85 bits per heavy atom. The van der Waals surface area contributed by atoms with Gasteiger partial charge >= 0.3 is 0 Å². The van der Waals surface area contributed by atoms with Crippen LogP contribution in [0.2, 0.25) is 0 Å². The van der Waals surface area contributed by atoms with Crippen LogP contribution in [0.4, 0.5) is 10.1 Å². The summed E-state index contributed by atoms with van der Waals surface area (Å²) in [5.74, 6) is -0.201. The predicted molar refractivity (Wildman–Crippen MR) is 129 cm³/mol. The molecule has 0 radical (unpaired) electrons. The molecule has 0 spiro atoms. The minimum atomic E-state index is -4.00. The molecule has 1 aliphatic rings. The van der Waals surface area contributed by atoms with Gasteiger partial charge in [0.05, 0.1) is 17.5 Å². The zero-order valence-corrected chi connectivity index (χ0v) is 20.1. The van der Waals surface area contributed by atoms with Crippen molar-refractivity contribution in [1.29, 1.82) is 0 Å². The van der Waals surface area contributed by atoms with Gasteiger partial charge in [-0.2, -0.15) is 0 Å². The van der Waals surface area contributed by atoms with E-state index < -0.39 is 21.9 Å². The van der Waals surface area contributed by atoms with Gasteiger partial charge in [-0.3, -0.25) is 9.52 Å². The van der Waals surface area contributed by atoms with Crippen LogP contribution >= 0.6 is 0 Å². The molecule has 1 N–H and O–H groups in total. The molecule has 0 bridgehead atoms. The van der Waals surface area contributed by atoms with E-state index in [0.29, 0.717) is 29.0 Å². The molecule has 0 aliphatic carbocycles. The lowest BCUT2D eigenvalue weighted by atomic mass is 10.0. The summed E-state index contributed by atoms with van der Waals surface area (Å²) in [6.45, 7) is 5.57. The van der Waals surface area contributed by atoms with Crippen molar-refractivity contribution in [3.05, 3.63) is 89.2 Å². The number of nitrogens with one attached hydrogen (secondary N) is 1. The van der Waals surface area contributed by atoms with Crippen molar-refractivity contribution < 1.29 is 22.3 Å². The molecular formula is C26H27FN2O4S. The highest BCUT2D eigenvalue weighted by Crippen LogP contribution is 2.34. The van der Waals surface area contributed by atoms with E-state index in [0.717, 1.165) is 11.6 Å². The SMILES string of the molecule is CC[C@H](c1ccccc1)N1Cc2cc(NS(=O)(=O)c3ccc(C)c(F)c3)ccc2O[C@H](C)C1=O. The minimum Gasteiger partial charge on any atom is -0.481 e. The first-order chi connectivity index (χ1) is 16.2. The standard InChI is InChI=1S/C26H27FN2O4S/c1-4-24(19-8-6-5-7-9-19)29-16-20-14-21(11-13-25(20)33-18(3)26(29)30)28-34(31,32)22-12-10-17(2)23(27)15-22/h5-15,18,24,28H,4,16H2,1-3H3/t18-,24-/m1/s1. The smallest absolute Gasteiger partial charge is 0.264 e. The summed E-state index contributed by atoms with van der Waals surface area (Å²) in [6, 6.07) is 18.3. The Hall–Kier alpha value is -3.39. The van der Waals surface area contributed by atoms with Gasteiger partial charge in [-0.05, 0) is 61.7 Å². The van der Waals surface area contributed by atoms with Crippen LogP contribution in [0.25, 0.3) is 0 Å². The molecule has 3 aromatic rings. The fourth-order valence-corrected chi connectivity index (χ4v) is 5.21. The Morgan fingerprint density at radius 3 is 2.53 bits per heavy atom. The maximum atomic E-state index is 13.9. The molecule has 0 unspecified atom stereocenters. The number of carbonyl (C=O) groups excluding carboxylic acids is 1. The number of hydrogen-bond donors (Lipinski definition) is 1. The second-order valence-electron chi connectivity index (χ2n) is 8.40. The minimum absolute atomic E-state index is 0.135. The molecule has 2 atom stereocenters. The number of benzene rings is 3. The molecule has 0 saturated carbocycles. The van der Waals surface area contributed by atoms with Gasteiger partial charge in [0.25, 0.3) is 15.9 Å². The zero-order valence-electron chi connectivity index (χ0n) is 19.3. The molecule has 1 heterocycles. The summed E-state index contributed by atoms with van der Waals surface area (Å²) in [5, 5.41) is 0. The van der Waals surface area contributed by atoms with Crippen molar-refractivity contribution >= 4 is 21.6 Å². The van der Waals surface area contributed by atoms with Crippen molar-refractivity contribution in [2.24, 2.45) is 0 Å². The number of halogens is 1. The molecular weight excluding hydrogens is 455 g/mol. The molecule has 8 heteroatoms. The van der Waals surface area contributed by atoms with Gasteiger partial charge in [0.2, 0.25) is 0 Å². The second-order valence-corrected chi connectivity index (χ2v) is 10.1. The van der Waals surface area contributed by atoms with Crippen LogP contribution in [0.1, 0.15) is 43.0 Å². The van der Waals surface area contributed by atoms with Gasteiger partial charge in [0, 0.05) is 11.3 Å². The maximum absolute atomic E-state index is 13.9. The normalized spacial score (nSPS) is 16.9. The number of amides is 1. The molecule has 1 aliphatic heterocycles. The van der Waals surface area contributed by atoms with Crippen molar-refractivity contribution in [3.63, 3.8) is 0 Å². The van der Waals surface area contributed by atoms with Crippen LogP contribution in [0.5, 0.6) is 5.75 Å². The lowest BCUT2D eigenvalue weighted by Crippen LogP contribution is -2.40. The van der Waals surface area contributed by atoms with E-state index >= 15 is 0 Å². The largest absolute Gasteiger partial charge is 0.481 e. The van der Waals surface area contributed by atoms with Gasteiger partial charge in [-0.1, -0.05) is 43.3 Å². The lowest BCUT2D eigenvalue weighted by Gasteiger charge is -2.31. The van der Waals surface area contributed by atoms with Crippen molar-refractivity contribution in [1.82, 2.24) is 4.90 Å². The molecule has 0 fully saturated rings. The summed E-state index contributed by atoms with van der Waals surface area (Å²) < 4.78 is 48.0. The number of ether oxygens (including phenoxy) is 1. The van der Waals surface area contributed by atoms with E-state index in [-0.39, 0.29) is 23.4 Å². The van der Waals surface area contributed by atoms with Gasteiger partial charge in [-0.25, -0.2) is 12.8 Å². The average molecular weight is 483 g/mol. The number of aryl methyl sites for hydroxylation is 1. The van der Waals surface area contributed by atoms with E-state index in [1.807, 2.05) is 37.3 Å². The number of rotatable bonds is 6. The molecule has 0 aromatic heterocycles. The highest BCUT2D eigenvalue weighted by atomic mass is 32.2. The quantitative estimate of drug-likeness (QED) is 0.524. The van der Waals surface area contributed by atoms with Gasteiger partial charge in [0.1, 0.15) is 11.6 Å². The first kappa shape index (κ1) is 23.8. The summed E-state index contributed by atoms with van der Waals surface area (Å²) >= 11 is 0. The zero-order chi connectivity index (χ0) is 24.5. The number of sulfonamides is 1. The molecule has 178 valence electrons. The average Bonchev–Trinajstić information content (AvgIpc) is 2.93. The third-order valence-electron chi connectivity index (χ3n) is 5.99. The molecule has 6 nitrogen and oxygen atoms in total. The van der Waals surface area contributed by atoms with Crippen molar-refractivity contribution in [2.75, 3.05) is 4.72 Å². The highest BCUT2D eigenvalue weighted by molar-refractivity contribution is 7.92. The Balaban J connectivity index is 1.66.